The van der Waals surface area contributed by atoms with Crippen LogP contribution in [0.3, 0.4) is 0 Å². The van der Waals surface area contributed by atoms with E-state index in [1.54, 1.807) is 0 Å². The summed E-state index contributed by atoms with van der Waals surface area (Å²) in [6.45, 7) is 4.98. The lowest BCUT2D eigenvalue weighted by Gasteiger charge is -2.23. The molecule has 1 heterocycles. The SMILES string of the molecule is CC[C@H](Oc1ccccc1)C(=O)N[C@@H](C)c1ccc2c(c1)OCCO2. The quantitative estimate of drug-likeness (QED) is 0.874. The predicted octanol–water partition coefficient (Wildman–Crippen LogP) is 3.49. The Bertz CT molecular complexity index is 717. The second-order valence-corrected chi connectivity index (χ2v) is 5.96. The highest BCUT2D eigenvalue weighted by atomic mass is 16.6. The molecule has 0 saturated carbocycles. The number of ether oxygens (including phenoxy) is 3. The number of rotatable bonds is 6. The molecule has 5 nitrogen and oxygen atoms in total. The Hall–Kier alpha value is -2.69. The van der Waals surface area contributed by atoms with Crippen molar-refractivity contribution in [2.45, 2.75) is 32.4 Å². The number of amides is 1. The Morgan fingerprint density at radius 2 is 1.84 bits per heavy atom. The van der Waals surface area contributed by atoms with Crippen LogP contribution in [0, 0.1) is 0 Å². The van der Waals surface area contributed by atoms with Gasteiger partial charge in [0.2, 0.25) is 0 Å². The largest absolute Gasteiger partial charge is 0.486 e. The van der Waals surface area contributed by atoms with E-state index in [4.69, 9.17) is 14.2 Å². The Morgan fingerprint density at radius 1 is 1.12 bits per heavy atom. The van der Waals surface area contributed by atoms with Gasteiger partial charge in [0, 0.05) is 0 Å². The van der Waals surface area contributed by atoms with E-state index in [1.807, 2.05) is 62.4 Å². The number of carbonyl (C=O) groups excluding carboxylic acids is 1. The molecule has 1 aliphatic heterocycles. The predicted molar refractivity (Wildman–Crippen MR) is 95.1 cm³/mol. The van der Waals surface area contributed by atoms with Crippen molar-refractivity contribution in [3.05, 3.63) is 54.1 Å². The van der Waals surface area contributed by atoms with Gasteiger partial charge < -0.3 is 19.5 Å². The second kappa shape index (κ2) is 7.92. The van der Waals surface area contributed by atoms with Crippen molar-refractivity contribution >= 4 is 5.91 Å². The van der Waals surface area contributed by atoms with Crippen LogP contribution >= 0.6 is 0 Å². The zero-order chi connectivity index (χ0) is 17.6. The first kappa shape index (κ1) is 17.1. The van der Waals surface area contributed by atoms with Gasteiger partial charge in [-0.3, -0.25) is 4.79 Å². The van der Waals surface area contributed by atoms with E-state index in [1.165, 1.54) is 0 Å². The van der Waals surface area contributed by atoms with Crippen molar-refractivity contribution in [3.63, 3.8) is 0 Å². The average Bonchev–Trinajstić information content (AvgIpc) is 2.66. The molecule has 2 aromatic carbocycles. The van der Waals surface area contributed by atoms with Crippen LogP contribution in [0.25, 0.3) is 0 Å². The fourth-order valence-corrected chi connectivity index (χ4v) is 2.70. The second-order valence-electron chi connectivity index (χ2n) is 5.96. The molecule has 0 spiro atoms. The molecule has 0 aromatic heterocycles. The molecule has 3 rings (SSSR count). The summed E-state index contributed by atoms with van der Waals surface area (Å²) in [6.07, 6.45) is 0.0660. The summed E-state index contributed by atoms with van der Waals surface area (Å²) >= 11 is 0. The van der Waals surface area contributed by atoms with E-state index in [9.17, 15) is 4.79 Å². The fourth-order valence-electron chi connectivity index (χ4n) is 2.70. The third-order valence-corrected chi connectivity index (χ3v) is 4.11. The third kappa shape index (κ3) is 4.24. The maximum atomic E-state index is 12.6. The molecule has 0 aliphatic carbocycles. The molecule has 2 atom stereocenters. The molecular weight excluding hydrogens is 318 g/mol. The number of hydrogen-bond acceptors (Lipinski definition) is 4. The van der Waals surface area contributed by atoms with Crippen molar-refractivity contribution in [1.29, 1.82) is 0 Å². The molecule has 1 amide bonds. The van der Waals surface area contributed by atoms with Crippen LogP contribution in [0.4, 0.5) is 0 Å². The van der Waals surface area contributed by atoms with Gasteiger partial charge in [0.15, 0.2) is 17.6 Å². The summed E-state index contributed by atoms with van der Waals surface area (Å²) in [4.78, 5) is 12.6. The third-order valence-electron chi connectivity index (χ3n) is 4.11. The maximum Gasteiger partial charge on any atom is 0.261 e. The molecule has 0 radical (unpaired) electrons. The van der Waals surface area contributed by atoms with Crippen molar-refractivity contribution in [3.8, 4) is 17.2 Å². The lowest BCUT2D eigenvalue weighted by molar-refractivity contribution is -0.128. The molecule has 25 heavy (non-hydrogen) atoms. The first-order chi connectivity index (χ1) is 12.2. The normalized spacial score (nSPS) is 15.1. The number of fused-ring (bicyclic) bond motifs is 1. The number of benzene rings is 2. The summed E-state index contributed by atoms with van der Waals surface area (Å²) in [7, 11) is 0. The zero-order valence-electron chi connectivity index (χ0n) is 14.5. The van der Waals surface area contributed by atoms with Gasteiger partial charge in [-0.05, 0) is 43.2 Å². The molecular formula is C20H23NO4. The van der Waals surface area contributed by atoms with Crippen molar-refractivity contribution < 1.29 is 19.0 Å². The van der Waals surface area contributed by atoms with Gasteiger partial charge in [-0.1, -0.05) is 31.2 Å². The summed E-state index contributed by atoms with van der Waals surface area (Å²) in [6, 6.07) is 15.0. The standard InChI is InChI=1S/C20H23NO4/c1-3-17(25-16-7-5-4-6-8-16)20(22)21-14(2)15-9-10-18-19(13-15)24-12-11-23-18/h4-10,13-14,17H,3,11-12H2,1-2H3,(H,21,22)/t14-,17-/m0/s1. The molecule has 5 heteroatoms. The minimum atomic E-state index is -0.526. The molecule has 0 fully saturated rings. The van der Waals surface area contributed by atoms with E-state index >= 15 is 0 Å². The molecule has 132 valence electrons. The fraction of sp³-hybridized carbons (Fsp3) is 0.350. The smallest absolute Gasteiger partial charge is 0.261 e. The number of para-hydroxylation sites is 1. The average molecular weight is 341 g/mol. The van der Waals surface area contributed by atoms with Gasteiger partial charge in [-0.15, -0.1) is 0 Å². The molecule has 2 aromatic rings. The lowest BCUT2D eigenvalue weighted by Crippen LogP contribution is -2.39. The van der Waals surface area contributed by atoms with Gasteiger partial charge in [-0.25, -0.2) is 0 Å². The monoisotopic (exact) mass is 341 g/mol. The minimum absolute atomic E-state index is 0.131. The number of nitrogens with one attached hydrogen (secondary N) is 1. The molecule has 0 saturated heterocycles. The van der Waals surface area contributed by atoms with Crippen LogP contribution in [0.2, 0.25) is 0 Å². The summed E-state index contributed by atoms with van der Waals surface area (Å²) in [5.74, 6) is 2.02. The van der Waals surface area contributed by atoms with E-state index in [-0.39, 0.29) is 11.9 Å². The van der Waals surface area contributed by atoms with Gasteiger partial charge in [0.25, 0.3) is 5.91 Å². The van der Waals surface area contributed by atoms with Gasteiger partial charge in [0.05, 0.1) is 6.04 Å². The van der Waals surface area contributed by atoms with Crippen LogP contribution in [0.5, 0.6) is 17.2 Å². The first-order valence-electron chi connectivity index (χ1n) is 8.59. The molecule has 1 N–H and O–H groups in total. The summed E-state index contributed by atoms with van der Waals surface area (Å²) in [5, 5.41) is 3.01. The van der Waals surface area contributed by atoms with Gasteiger partial charge in [0.1, 0.15) is 19.0 Å². The summed E-state index contributed by atoms with van der Waals surface area (Å²) < 4.78 is 16.9. The highest BCUT2D eigenvalue weighted by Gasteiger charge is 2.21. The van der Waals surface area contributed by atoms with Crippen LogP contribution in [-0.4, -0.2) is 25.2 Å². The minimum Gasteiger partial charge on any atom is -0.486 e. The Balaban J connectivity index is 1.64. The van der Waals surface area contributed by atoms with Crippen LogP contribution in [0.15, 0.2) is 48.5 Å². The van der Waals surface area contributed by atoms with Gasteiger partial charge in [-0.2, -0.15) is 0 Å². The Labute approximate surface area is 147 Å². The summed E-state index contributed by atoms with van der Waals surface area (Å²) in [5.41, 5.74) is 0.965. The van der Waals surface area contributed by atoms with Crippen molar-refractivity contribution in [2.75, 3.05) is 13.2 Å². The van der Waals surface area contributed by atoms with E-state index < -0.39 is 6.10 Å². The Morgan fingerprint density at radius 3 is 2.56 bits per heavy atom. The maximum absolute atomic E-state index is 12.6. The Kier molecular flexibility index (Phi) is 5.43. The van der Waals surface area contributed by atoms with Crippen LogP contribution < -0.4 is 19.5 Å². The first-order valence-corrected chi connectivity index (χ1v) is 8.59. The van der Waals surface area contributed by atoms with Gasteiger partial charge >= 0.3 is 0 Å². The molecule has 1 aliphatic rings. The van der Waals surface area contributed by atoms with Crippen molar-refractivity contribution in [2.24, 2.45) is 0 Å². The molecule has 0 bridgehead atoms. The number of hydrogen-bond donors (Lipinski definition) is 1. The zero-order valence-corrected chi connectivity index (χ0v) is 14.5. The van der Waals surface area contributed by atoms with E-state index in [0.717, 1.165) is 17.1 Å². The van der Waals surface area contributed by atoms with Crippen LogP contribution in [-0.2, 0) is 4.79 Å². The van der Waals surface area contributed by atoms with E-state index in [2.05, 4.69) is 5.32 Å². The highest BCUT2D eigenvalue weighted by Crippen LogP contribution is 2.32. The van der Waals surface area contributed by atoms with Crippen molar-refractivity contribution in [1.82, 2.24) is 5.32 Å². The topological polar surface area (TPSA) is 56.8 Å². The number of carbonyl (C=O) groups is 1. The highest BCUT2D eigenvalue weighted by molar-refractivity contribution is 5.81. The van der Waals surface area contributed by atoms with Crippen LogP contribution in [0.1, 0.15) is 31.9 Å². The lowest BCUT2D eigenvalue weighted by atomic mass is 10.1. The molecule has 0 unspecified atom stereocenters. The van der Waals surface area contributed by atoms with E-state index in [0.29, 0.717) is 25.4 Å².